The molecule has 3 fully saturated rings. The van der Waals surface area contributed by atoms with Crippen molar-refractivity contribution in [2.75, 3.05) is 60.0 Å². The molecule has 0 saturated carbocycles. The standard InChI is InChI=1S/C26H30N8O3/c35-26(29-20-8-10-27-11-9-20)28-19-6-4-18(5-7-19)23-30-24(33-12-14-36-15-13-33)32-25(31-23)34-21-2-1-3-22(34)17-37-16-21/h4-11,21-22H,1-3,12-17H2,(H2,27,28,29,35). The van der Waals surface area contributed by atoms with E-state index >= 15 is 0 Å². The first-order valence-electron chi connectivity index (χ1n) is 12.8. The molecule has 192 valence electrons. The second-order valence-electron chi connectivity index (χ2n) is 9.43. The highest BCUT2D eigenvalue weighted by atomic mass is 16.5. The van der Waals surface area contributed by atoms with Gasteiger partial charge in [-0.2, -0.15) is 15.0 Å². The third-order valence-electron chi connectivity index (χ3n) is 6.96. The quantitative estimate of drug-likeness (QED) is 0.542. The lowest BCUT2D eigenvalue weighted by molar-refractivity contribution is 0.0452. The van der Waals surface area contributed by atoms with Crippen molar-refractivity contribution in [1.82, 2.24) is 19.9 Å². The molecule has 3 aromatic rings. The van der Waals surface area contributed by atoms with Crippen molar-refractivity contribution in [3.05, 3.63) is 48.8 Å². The molecular weight excluding hydrogens is 472 g/mol. The van der Waals surface area contributed by atoms with Crippen LogP contribution in [-0.4, -0.2) is 77.6 Å². The Kier molecular flexibility index (Phi) is 6.78. The van der Waals surface area contributed by atoms with Gasteiger partial charge in [0.1, 0.15) is 0 Å². The molecule has 2 N–H and O–H groups in total. The molecule has 0 spiro atoms. The van der Waals surface area contributed by atoms with Crippen LogP contribution in [0.1, 0.15) is 19.3 Å². The summed E-state index contributed by atoms with van der Waals surface area (Å²) >= 11 is 0. The number of ether oxygens (including phenoxy) is 2. The van der Waals surface area contributed by atoms with Gasteiger partial charge in [0.25, 0.3) is 0 Å². The lowest BCUT2D eigenvalue weighted by atomic mass is 9.95. The second-order valence-corrected chi connectivity index (χ2v) is 9.43. The number of morpholine rings is 2. The fourth-order valence-electron chi connectivity index (χ4n) is 5.09. The minimum Gasteiger partial charge on any atom is -0.378 e. The van der Waals surface area contributed by atoms with Crippen molar-refractivity contribution >= 4 is 29.3 Å². The van der Waals surface area contributed by atoms with E-state index in [0.717, 1.165) is 31.5 Å². The van der Waals surface area contributed by atoms with Crippen molar-refractivity contribution in [3.63, 3.8) is 0 Å². The van der Waals surface area contributed by atoms with E-state index in [1.54, 1.807) is 24.5 Å². The summed E-state index contributed by atoms with van der Waals surface area (Å²) in [6, 6.07) is 11.2. The number of pyridine rings is 1. The molecule has 2 atom stereocenters. The topological polar surface area (TPSA) is 118 Å². The van der Waals surface area contributed by atoms with E-state index in [0.29, 0.717) is 55.5 Å². The monoisotopic (exact) mass is 502 g/mol. The van der Waals surface area contributed by atoms with Crippen molar-refractivity contribution in [2.24, 2.45) is 0 Å². The first-order chi connectivity index (χ1) is 18.2. The third-order valence-corrected chi connectivity index (χ3v) is 6.96. The van der Waals surface area contributed by atoms with Gasteiger partial charge in [0.05, 0.1) is 38.5 Å². The molecule has 37 heavy (non-hydrogen) atoms. The summed E-state index contributed by atoms with van der Waals surface area (Å²) in [6.45, 7) is 4.20. The lowest BCUT2D eigenvalue weighted by Gasteiger charge is -2.45. The zero-order chi connectivity index (χ0) is 25.0. The Bertz CT molecular complexity index is 1200. The number of carbonyl (C=O) groups is 1. The van der Waals surface area contributed by atoms with Crippen LogP contribution in [0.3, 0.4) is 0 Å². The lowest BCUT2D eigenvalue weighted by Crippen LogP contribution is -2.56. The number of carbonyl (C=O) groups excluding carboxylic acids is 1. The van der Waals surface area contributed by atoms with E-state index in [9.17, 15) is 4.79 Å². The summed E-state index contributed by atoms with van der Waals surface area (Å²) in [5, 5.41) is 5.64. The molecule has 2 amide bonds. The van der Waals surface area contributed by atoms with Crippen LogP contribution >= 0.6 is 0 Å². The van der Waals surface area contributed by atoms with E-state index in [-0.39, 0.29) is 18.1 Å². The first-order valence-corrected chi connectivity index (χ1v) is 12.8. The maximum atomic E-state index is 12.4. The molecule has 2 unspecified atom stereocenters. The number of rotatable bonds is 5. The number of hydrogen-bond donors (Lipinski definition) is 2. The van der Waals surface area contributed by atoms with Crippen LogP contribution in [0.2, 0.25) is 0 Å². The average Bonchev–Trinajstić information content (AvgIpc) is 2.94. The normalized spacial score (nSPS) is 21.4. The number of hydrogen-bond acceptors (Lipinski definition) is 9. The molecule has 5 heterocycles. The molecule has 3 aliphatic heterocycles. The van der Waals surface area contributed by atoms with Crippen LogP contribution in [0.5, 0.6) is 0 Å². The fraction of sp³-hybridized carbons (Fsp3) is 0.423. The van der Waals surface area contributed by atoms with Gasteiger partial charge >= 0.3 is 6.03 Å². The van der Waals surface area contributed by atoms with Gasteiger partial charge < -0.3 is 29.9 Å². The number of piperidine rings is 1. The highest BCUT2D eigenvalue weighted by Crippen LogP contribution is 2.32. The van der Waals surface area contributed by atoms with E-state index in [1.165, 1.54) is 6.42 Å². The fourth-order valence-corrected chi connectivity index (χ4v) is 5.09. The van der Waals surface area contributed by atoms with Crippen LogP contribution in [-0.2, 0) is 9.47 Å². The molecule has 3 saturated heterocycles. The van der Waals surface area contributed by atoms with E-state index in [1.807, 2.05) is 24.3 Å². The summed E-state index contributed by atoms with van der Waals surface area (Å²) < 4.78 is 11.4. The van der Waals surface area contributed by atoms with Gasteiger partial charge in [0.15, 0.2) is 5.82 Å². The highest BCUT2D eigenvalue weighted by Gasteiger charge is 2.37. The van der Waals surface area contributed by atoms with E-state index in [2.05, 4.69) is 25.4 Å². The summed E-state index contributed by atoms with van der Waals surface area (Å²) in [5.74, 6) is 2.00. The molecule has 11 heteroatoms. The molecule has 2 aromatic heterocycles. The summed E-state index contributed by atoms with van der Waals surface area (Å²) in [4.78, 5) is 35.5. The number of nitrogens with one attached hydrogen (secondary N) is 2. The first kappa shape index (κ1) is 23.6. The number of aromatic nitrogens is 4. The second kappa shape index (κ2) is 10.7. The van der Waals surface area contributed by atoms with Crippen LogP contribution in [0, 0.1) is 0 Å². The number of amides is 2. The van der Waals surface area contributed by atoms with Gasteiger partial charge in [-0.1, -0.05) is 0 Å². The minimum absolute atomic E-state index is 0.283. The van der Waals surface area contributed by atoms with Crippen LogP contribution < -0.4 is 20.4 Å². The van der Waals surface area contributed by atoms with Crippen molar-refractivity contribution in [1.29, 1.82) is 0 Å². The molecule has 3 aliphatic rings. The van der Waals surface area contributed by atoms with E-state index in [4.69, 9.17) is 24.4 Å². The SMILES string of the molecule is O=C(Nc1ccncc1)Nc1ccc(-c2nc(N3CCOCC3)nc(N3C4CCCC3COC4)n2)cc1. The Balaban J connectivity index is 1.26. The average molecular weight is 503 g/mol. The summed E-state index contributed by atoms with van der Waals surface area (Å²) in [7, 11) is 0. The number of anilines is 4. The molecular formula is C26H30N8O3. The zero-order valence-electron chi connectivity index (χ0n) is 20.5. The molecule has 2 bridgehead atoms. The summed E-state index contributed by atoms with van der Waals surface area (Å²) in [6.07, 6.45) is 6.61. The Hall–Kier alpha value is -3.83. The van der Waals surface area contributed by atoms with Crippen molar-refractivity contribution < 1.29 is 14.3 Å². The molecule has 6 rings (SSSR count). The number of urea groups is 1. The highest BCUT2D eigenvalue weighted by molar-refractivity contribution is 5.99. The van der Waals surface area contributed by atoms with Crippen molar-refractivity contribution in [3.8, 4) is 11.4 Å². The molecule has 0 radical (unpaired) electrons. The Morgan fingerprint density at radius 1 is 0.811 bits per heavy atom. The van der Waals surface area contributed by atoms with Crippen LogP contribution in [0.25, 0.3) is 11.4 Å². The third kappa shape index (κ3) is 5.32. The van der Waals surface area contributed by atoms with Gasteiger partial charge in [-0.05, 0) is 55.7 Å². The van der Waals surface area contributed by atoms with Gasteiger partial charge in [0.2, 0.25) is 11.9 Å². The largest absolute Gasteiger partial charge is 0.378 e. The predicted octanol–water partition coefficient (Wildman–Crippen LogP) is 3.17. The Morgan fingerprint density at radius 2 is 1.46 bits per heavy atom. The Morgan fingerprint density at radius 3 is 2.16 bits per heavy atom. The minimum atomic E-state index is -0.324. The molecule has 11 nitrogen and oxygen atoms in total. The predicted molar refractivity (Wildman–Crippen MR) is 140 cm³/mol. The molecule has 0 aliphatic carbocycles. The zero-order valence-corrected chi connectivity index (χ0v) is 20.5. The molecule has 1 aromatic carbocycles. The number of fused-ring (bicyclic) bond motifs is 2. The Labute approximate surface area is 215 Å². The van der Waals surface area contributed by atoms with Crippen LogP contribution in [0.4, 0.5) is 28.1 Å². The maximum absolute atomic E-state index is 12.4. The van der Waals surface area contributed by atoms with Crippen molar-refractivity contribution in [2.45, 2.75) is 31.3 Å². The van der Waals surface area contributed by atoms with Gasteiger partial charge in [-0.3, -0.25) is 4.98 Å². The van der Waals surface area contributed by atoms with Gasteiger partial charge in [0, 0.05) is 42.4 Å². The maximum Gasteiger partial charge on any atom is 0.323 e. The summed E-state index contributed by atoms with van der Waals surface area (Å²) in [5.41, 5.74) is 2.20. The van der Waals surface area contributed by atoms with E-state index < -0.39 is 0 Å². The van der Waals surface area contributed by atoms with Crippen LogP contribution in [0.15, 0.2) is 48.8 Å². The van der Waals surface area contributed by atoms with Gasteiger partial charge in [-0.25, -0.2) is 4.79 Å². The smallest absolute Gasteiger partial charge is 0.323 e. The van der Waals surface area contributed by atoms with Gasteiger partial charge in [-0.15, -0.1) is 0 Å². The number of benzene rings is 1. The number of nitrogens with zero attached hydrogens (tertiary/aromatic N) is 6.